The number of amides is 1. The van der Waals surface area contributed by atoms with Crippen LogP contribution in [0.2, 0.25) is 0 Å². The minimum Gasteiger partial charge on any atom is -0.475 e. The van der Waals surface area contributed by atoms with Crippen molar-refractivity contribution in [2.45, 2.75) is 18.3 Å². The Morgan fingerprint density at radius 3 is 2.33 bits per heavy atom. The maximum atomic E-state index is 12.3. The molecule has 0 aliphatic carbocycles. The molecule has 24 heavy (non-hydrogen) atoms. The summed E-state index contributed by atoms with van der Waals surface area (Å²) in [6.45, 7) is 1.74. The molecule has 6 heteroatoms. The number of carboxylic acids is 1. The molecule has 1 aromatic heterocycles. The number of carboxylic acid groups (broad SMARTS) is 1. The second-order valence-corrected chi connectivity index (χ2v) is 5.91. The van der Waals surface area contributed by atoms with Gasteiger partial charge in [0.1, 0.15) is 0 Å². The van der Waals surface area contributed by atoms with Crippen molar-refractivity contribution in [3.63, 3.8) is 0 Å². The Hall–Kier alpha value is -2.60. The maximum absolute atomic E-state index is 12.3. The van der Waals surface area contributed by atoms with Crippen LogP contribution in [-0.4, -0.2) is 36.7 Å². The summed E-state index contributed by atoms with van der Waals surface area (Å²) >= 11 is 0. The van der Waals surface area contributed by atoms with Crippen LogP contribution in [0, 0.1) is 0 Å². The SMILES string of the molecule is O=C(O)c1ccc(C(=O)NCC2(c3ccccc3)CCOCC2)o1. The molecular formula is C18H19NO5. The van der Waals surface area contributed by atoms with Gasteiger partial charge in [-0.3, -0.25) is 4.79 Å². The van der Waals surface area contributed by atoms with Crippen LogP contribution < -0.4 is 5.32 Å². The zero-order valence-corrected chi connectivity index (χ0v) is 13.2. The molecular weight excluding hydrogens is 310 g/mol. The number of rotatable bonds is 5. The first-order valence-electron chi connectivity index (χ1n) is 7.85. The molecule has 0 unspecified atom stereocenters. The number of nitrogens with one attached hydrogen (secondary N) is 1. The molecule has 2 N–H and O–H groups in total. The van der Waals surface area contributed by atoms with Gasteiger partial charge in [-0.05, 0) is 30.5 Å². The first kappa shape index (κ1) is 16.3. The molecule has 2 aromatic rings. The molecule has 1 aliphatic heterocycles. The van der Waals surface area contributed by atoms with E-state index in [1.54, 1.807) is 0 Å². The first-order valence-corrected chi connectivity index (χ1v) is 7.85. The number of carbonyl (C=O) groups is 2. The van der Waals surface area contributed by atoms with Crippen molar-refractivity contribution in [3.05, 3.63) is 59.5 Å². The normalized spacial score (nSPS) is 16.5. The largest absolute Gasteiger partial charge is 0.475 e. The minimum absolute atomic E-state index is 0.00247. The second-order valence-electron chi connectivity index (χ2n) is 5.91. The summed E-state index contributed by atoms with van der Waals surface area (Å²) < 4.78 is 10.5. The molecule has 6 nitrogen and oxygen atoms in total. The summed E-state index contributed by atoms with van der Waals surface area (Å²) in [6.07, 6.45) is 1.63. The highest BCUT2D eigenvalue weighted by atomic mass is 16.5. The number of hydrogen-bond acceptors (Lipinski definition) is 4. The van der Waals surface area contributed by atoms with Crippen LogP contribution in [-0.2, 0) is 10.2 Å². The summed E-state index contributed by atoms with van der Waals surface area (Å²) in [7, 11) is 0. The minimum atomic E-state index is -1.20. The molecule has 1 aromatic carbocycles. The van der Waals surface area contributed by atoms with Gasteiger partial charge in [0.05, 0.1) is 0 Å². The van der Waals surface area contributed by atoms with Crippen LogP contribution in [0.15, 0.2) is 46.9 Å². The average molecular weight is 329 g/mol. The highest BCUT2D eigenvalue weighted by molar-refractivity contribution is 5.93. The highest BCUT2D eigenvalue weighted by Gasteiger charge is 2.35. The van der Waals surface area contributed by atoms with Crippen LogP contribution in [0.25, 0.3) is 0 Å². The number of carbonyl (C=O) groups excluding carboxylic acids is 1. The Labute approximate surface area is 139 Å². The van der Waals surface area contributed by atoms with Gasteiger partial charge in [0, 0.05) is 25.2 Å². The van der Waals surface area contributed by atoms with Crippen molar-refractivity contribution < 1.29 is 23.8 Å². The third-order valence-corrected chi connectivity index (χ3v) is 4.46. The summed E-state index contributed by atoms with van der Waals surface area (Å²) in [5.41, 5.74) is 0.983. The molecule has 0 radical (unpaired) electrons. The Morgan fingerprint density at radius 2 is 1.71 bits per heavy atom. The topological polar surface area (TPSA) is 88.8 Å². The van der Waals surface area contributed by atoms with Gasteiger partial charge < -0.3 is 19.6 Å². The molecule has 3 rings (SSSR count). The quantitative estimate of drug-likeness (QED) is 0.879. The maximum Gasteiger partial charge on any atom is 0.371 e. The fourth-order valence-corrected chi connectivity index (χ4v) is 3.03. The van der Waals surface area contributed by atoms with Crippen LogP contribution in [0.3, 0.4) is 0 Å². The fourth-order valence-electron chi connectivity index (χ4n) is 3.03. The molecule has 0 atom stereocenters. The van der Waals surface area contributed by atoms with E-state index >= 15 is 0 Å². The fraction of sp³-hybridized carbons (Fsp3) is 0.333. The van der Waals surface area contributed by atoms with E-state index in [2.05, 4.69) is 17.4 Å². The van der Waals surface area contributed by atoms with Crippen LogP contribution >= 0.6 is 0 Å². The van der Waals surface area contributed by atoms with Gasteiger partial charge in [0.15, 0.2) is 5.76 Å². The van der Waals surface area contributed by atoms with Crippen molar-refractivity contribution in [3.8, 4) is 0 Å². The van der Waals surface area contributed by atoms with E-state index < -0.39 is 11.9 Å². The van der Waals surface area contributed by atoms with Gasteiger partial charge in [-0.1, -0.05) is 30.3 Å². The second kappa shape index (κ2) is 6.88. The molecule has 2 heterocycles. The van der Waals surface area contributed by atoms with Gasteiger partial charge in [0.2, 0.25) is 5.76 Å². The summed E-state index contributed by atoms with van der Waals surface area (Å²) in [4.78, 5) is 23.1. The van der Waals surface area contributed by atoms with Gasteiger partial charge >= 0.3 is 5.97 Å². The van der Waals surface area contributed by atoms with Crippen LogP contribution in [0.4, 0.5) is 0 Å². The molecule has 0 spiro atoms. The summed E-state index contributed by atoms with van der Waals surface area (Å²) in [5, 5.41) is 11.7. The number of ether oxygens (including phenoxy) is 1. The highest BCUT2D eigenvalue weighted by Crippen LogP contribution is 2.34. The third kappa shape index (κ3) is 3.33. The zero-order valence-electron chi connectivity index (χ0n) is 13.2. The van der Waals surface area contributed by atoms with Gasteiger partial charge in [-0.25, -0.2) is 4.79 Å². The number of furan rings is 1. The smallest absolute Gasteiger partial charge is 0.371 e. The van der Waals surface area contributed by atoms with E-state index in [9.17, 15) is 9.59 Å². The molecule has 0 saturated carbocycles. The first-order chi connectivity index (χ1) is 11.6. The van der Waals surface area contributed by atoms with E-state index in [0.717, 1.165) is 12.8 Å². The number of benzene rings is 1. The Kier molecular flexibility index (Phi) is 4.66. The van der Waals surface area contributed by atoms with Crippen molar-refractivity contribution >= 4 is 11.9 Å². The summed E-state index contributed by atoms with van der Waals surface area (Å²) in [6, 6.07) is 12.7. The van der Waals surface area contributed by atoms with Crippen molar-refractivity contribution in [2.75, 3.05) is 19.8 Å². The van der Waals surface area contributed by atoms with Gasteiger partial charge in [0.25, 0.3) is 5.91 Å². The van der Waals surface area contributed by atoms with Crippen molar-refractivity contribution in [2.24, 2.45) is 0 Å². The van der Waals surface area contributed by atoms with E-state index in [4.69, 9.17) is 14.3 Å². The standard InChI is InChI=1S/C18H19NO5/c20-16(14-6-7-15(24-14)17(21)22)19-12-18(8-10-23-11-9-18)13-4-2-1-3-5-13/h1-7H,8-12H2,(H,19,20)(H,21,22). The van der Waals surface area contributed by atoms with E-state index in [1.807, 2.05) is 18.2 Å². The number of aromatic carboxylic acids is 1. The molecule has 126 valence electrons. The van der Waals surface area contributed by atoms with Crippen molar-refractivity contribution in [1.82, 2.24) is 5.32 Å². The lowest BCUT2D eigenvalue weighted by Crippen LogP contribution is -2.44. The molecule has 1 fully saturated rings. The lowest BCUT2D eigenvalue weighted by Gasteiger charge is -2.37. The van der Waals surface area contributed by atoms with E-state index in [1.165, 1.54) is 17.7 Å². The Morgan fingerprint density at radius 1 is 1.04 bits per heavy atom. The summed E-state index contributed by atoms with van der Waals surface area (Å²) in [5.74, 6) is -1.85. The Bertz CT molecular complexity index is 716. The van der Waals surface area contributed by atoms with Gasteiger partial charge in [-0.15, -0.1) is 0 Å². The third-order valence-electron chi connectivity index (χ3n) is 4.46. The van der Waals surface area contributed by atoms with E-state index in [-0.39, 0.29) is 16.9 Å². The predicted molar refractivity (Wildman–Crippen MR) is 86.2 cm³/mol. The molecule has 1 saturated heterocycles. The van der Waals surface area contributed by atoms with Crippen LogP contribution in [0.1, 0.15) is 39.5 Å². The molecule has 0 bridgehead atoms. The number of hydrogen-bond donors (Lipinski definition) is 2. The van der Waals surface area contributed by atoms with E-state index in [0.29, 0.717) is 19.8 Å². The average Bonchev–Trinajstić information content (AvgIpc) is 3.12. The molecule has 1 aliphatic rings. The monoisotopic (exact) mass is 329 g/mol. The van der Waals surface area contributed by atoms with Crippen LogP contribution in [0.5, 0.6) is 0 Å². The predicted octanol–water partition coefficient (Wildman–Crippen LogP) is 2.46. The molecule has 1 amide bonds. The Balaban J connectivity index is 1.73. The van der Waals surface area contributed by atoms with Crippen molar-refractivity contribution in [1.29, 1.82) is 0 Å². The lowest BCUT2D eigenvalue weighted by atomic mass is 9.74. The lowest BCUT2D eigenvalue weighted by molar-refractivity contribution is 0.0483. The zero-order chi connectivity index (χ0) is 17.0. The van der Waals surface area contributed by atoms with Gasteiger partial charge in [-0.2, -0.15) is 0 Å².